The van der Waals surface area contributed by atoms with E-state index >= 15 is 0 Å². The maximum Gasteiger partial charge on any atom is 0.337 e. The summed E-state index contributed by atoms with van der Waals surface area (Å²) in [6.45, 7) is -0.343. The molecule has 1 aliphatic heterocycles. The quantitative estimate of drug-likeness (QED) is 0.359. The Morgan fingerprint density at radius 3 is 2.50 bits per heavy atom. The molecule has 0 aromatic heterocycles. The molecule has 4 N–H and O–H groups in total. The first kappa shape index (κ1) is 7.46. The average Bonchev–Trinajstić information content (AvgIpc) is 2.17. The van der Waals surface area contributed by atoms with Gasteiger partial charge < -0.3 is 20.7 Å². The number of rotatable bonds is 1. The van der Waals surface area contributed by atoms with E-state index in [1.54, 1.807) is 0 Å². The van der Waals surface area contributed by atoms with Crippen LogP contribution in [0, 0.1) is 0 Å². The summed E-state index contributed by atoms with van der Waals surface area (Å²) in [5.41, 5.74) is 5.27. The summed E-state index contributed by atoms with van der Waals surface area (Å²) in [5.74, 6) is -0.758. The predicted molar refractivity (Wildman–Crippen MR) is 30.9 cm³/mol. The summed E-state index contributed by atoms with van der Waals surface area (Å²) in [6, 6.07) is -0.794. The second kappa shape index (κ2) is 2.53. The van der Waals surface area contributed by atoms with Crippen LogP contribution in [0.3, 0.4) is 0 Å². The minimum Gasteiger partial charge on any atom is -0.456 e. The van der Waals surface area contributed by atoms with Gasteiger partial charge in [0.1, 0.15) is 6.10 Å². The van der Waals surface area contributed by atoms with Crippen LogP contribution in [0.15, 0.2) is 0 Å². The largest absolute Gasteiger partial charge is 0.456 e. The second-order valence-electron chi connectivity index (χ2n) is 2.18. The number of ether oxygens (including phenoxy) is 1. The third-order valence-electron chi connectivity index (χ3n) is 1.48. The van der Waals surface area contributed by atoms with Crippen LogP contribution in [0.5, 0.6) is 0 Å². The van der Waals surface area contributed by atoms with Gasteiger partial charge in [0.15, 0.2) is 6.10 Å². The maximum atomic E-state index is 10.5. The summed E-state index contributed by atoms with van der Waals surface area (Å²) < 4.78 is 4.47. The van der Waals surface area contributed by atoms with Crippen molar-refractivity contribution in [3.05, 3.63) is 0 Å². The van der Waals surface area contributed by atoms with Gasteiger partial charge in [0.2, 0.25) is 0 Å². The predicted octanol–water partition coefficient (Wildman–Crippen LogP) is -2.41. The van der Waals surface area contributed by atoms with Gasteiger partial charge in [-0.15, -0.1) is 0 Å². The molecule has 0 amide bonds. The molecule has 3 atom stereocenters. The molecular formula is C5H9NO4. The number of hydrogen-bond acceptors (Lipinski definition) is 5. The van der Waals surface area contributed by atoms with Crippen LogP contribution < -0.4 is 5.73 Å². The molecule has 0 bridgehead atoms. The minimum atomic E-state index is -1.28. The molecule has 1 aliphatic rings. The average molecular weight is 147 g/mol. The van der Waals surface area contributed by atoms with Crippen LogP contribution in [0.25, 0.3) is 0 Å². The molecule has 0 unspecified atom stereocenters. The number of aliphatic hydroxyl groups is 2. The van der Waals surface area contributed by atoms with E-state index in [4.69, 9.17) is 15.9 Å². The summed E-state index contributed by atoms with van der Waals surface area (Å²) in [7, 11) is 0. The molecule has 5 heteroatoms. The smallest absolute Gasteiger partial charge is 0.337 e. The molecule has 5 nitrogen and oxygen atoms in total. The fourth-order valence-corrected chi connectivity index (χ4v) is 0.817. The van der Waals surface area contributed by atoms with E-state index < -0.39 is 24.2 Å². The molecule has 0 spiro atoms. The van der Waals surface area contributed by atoms with Gasteiger partial charge in [-0.3, -0.25) is 0 Å². The summed E-state index contributed by atoms with van der Waals surface area (Å²) >= 11 is 0. The highest BCUT2D eigenvalue weighted by Gasteiger charge is 2.40. The summed E-state index contributed by atoms with van der Waals surface area (Å²) in [5, 5.41) is 17.4. The Morgan fingerprint density at radius 2 is 2.30 bits per heavy atom. The molecule has 1 fully saturated rings. The number of carbonyl (C=O) groups excluding carboxylic acids is 1. The molecule has 1 rings (SSSR count). The lowest BCUT2D eigenvalue weighted by molar-refractivity contribution is -0.148. The van der Waals surface area contributed by atoms with E-state index in [2.05, 4.69) is 4.74 Å². The van der Waals surface area contributed by atoms with Crippen molar-refractivity contribution in [2.75, 3.05) is 6.61 Å². The van der Waals surface area contributed by atoms with Crippen molar-refractivity contribution in [1.29, 1.82) is 0 Å². The Bertz CT molecular complexity index is 149. The SMILES string of the molecule is N[C@H]1[C@H](O)C(=O)O[C@@H]1CO. The van der Waals surface area contributed by atoms with E-state index in [1.807, 2.05) is 0 Å². The van der Waals surface area contributed by atoms with Crippen LogP contribution in [-0.4, -0.2) is 41.0 Å². The standard InChI is InChI=1S/C5H9NO4/c6-3-2(1-7)10-5(9)4(3)8/h2-4,7-8H,1,6H2/t2-,3-,4+/m1/s1. The van der Waals surface area contributed by atoms with Crippen LogP contribution in [0.1, 0.15) is 0 Å². The zero-order valence-electron chi connectivity index (χ0n) is 5.23. The van der Waals surface area contributed by atoms with Crippen LogP contribution >= 0.6 is 0 Å². The Labute approximate surface area is 57.4 Å². The number of hydrogen-bond donors (Lipinski definition) is 3. The number of carbonyl (C=O) groups is 1. The lowest BCUT2D eigenvalue weighted by Gasteiger charge is -2.09. The van der Waals surface area contributed by atoms with E-state index in [1.165, 1.54) is 0 Å². The molecule has 10 heavy (non-hydrogen) atoms. The molecule has 0 radical (unpaired) electrons. The normalized spacial score (nSPS) is 39.9. The summed E-state index contributed by atoms with van der Waals surface area (Å²) in [4.78, 5) is 10.5. The first-order valence-electron chi connectivity index (χ1n) is 2.92. The number of nitrogens with two attached hydrogens (primary N) is 1. The second-order valence-corrected chi connectivity index (χ2v) is 2.18. The lowest BCUT2D eigenvalue weighted by Crippen LogP contribution is -2.41. The zero-order chi connectivity index (χ0) is 7.72. The van der Waals surface area contributed by atoms with Gasteiger partial charge in [-0.05, 0) is 0 Å². The Kier molecular flexibility index (Phi) is 1.89. The van der Waals surface area contributed by atoms with Gasteiger partial charge in [0.25, 0.3) is 0 Å². The summed E-state index contributed by atoms with van der Waals surface area (Å²) in [6.07, 6.45) is -2.03. The van der Waals surface area contributed by atoms with Gasteiger partial charge in [0.05, 0.1) is 12.6 Å². The van der Waals surface area contributed by atoms with E-state index in [-0.39, 0.29) is 6.61 Å². The Morgan fingerprint density at radius 1 is 1.70 bits per heavy atom. The van der Waals surface area contributed by atoms with Gasteiger partial charge in [-0.25, -0.2) is 4.79 Å². The third-order valence-corrected chi connectivity index (χ3v) is 1.48. The van der Waals surface area contributed by atoms with Gasteiger partial charge in [-0.2, -0.15) is 0 Å². The molecule has 0 saturated carbocycles. The fraction of sp³-hybridized carbons (Fsp3) is 0.800. The Balaban J connectivity index is 2.61. The molecule has 0 aromatic rings. The van der Waals surface area contributed by atoms with Gasteiger partial charge in [0, 0.05) is 0 Å². The van der Waals surface area contributed by atoms with Crippen molar-refractivity contribution >= 4 is 5.97 Å². The number of aliphatic hydroxyl groups excluding tert-OH is 2. The van der Waals surface area contributed by atoms with Crippen molar-refractivity contribution in [3.63, 3.8) is 0 Å². The first-order chi connectivity index (χ1) is 4.66. The van der Waals surface area contributed by atoms with Crippen molar-refractivity contribution in [1.82, 2.24) is 0 Å². The highest BCUT2D eigenvalue weighted by atomic mass is 16.6. The van der Waals surface area contributed by atoms with Crippen LogP contribution in [0.2, 0.25) is 0 Å². The van der Waals surface area contributed by atoms with Crippen molar-refractivity contribution in [3.8, 4) is 0 Å². The lowest BCUT2D eigenvalue weighted by atomic mass is 10.1. The van der Waals surface area contributed by atoms with Gasteiger partial charge in [-0.1, -0.05) is 0 Å². The molecule has 1 heterocycles. The molecule has 0 aliphatic carbocycles. The maximum absolute atomic E-state index is 10.5. The first-order valence-corrected chi connectivity index (χ1v) is 2.92. The molecule has 0 aromatic carbocycles. The molecule has 1 saturated heterocycles. The van der Waals surface area contributed by atoms with Crippen molar-refractivity contribution in [2.45, 2.75) is 18.2 Å². The minimum absolute atomic E-state index is 0.343. The van der Waals surface area contributed by atoms with Crippen LogP contribution in [-0.2, 0) is 9.53 Å². The Hall–Kier alpha value is -0.650. The van der Waals surface area contributed by atoms with E-state index in [0.717, 1.165) is 0 Å². The topological polar surface area (TPSA) is 92.8 Å². The van der Waals surface area contributed by atoms with E-state index in [9.17, 15) is 4.79 Å². The number of cyclic esters (lactones) is 1. The third kappa shape index (κ3) is 0.985. The number of esters is 1. The van der Waals surface area contributed by atoms with Crippen LogP contribution in [0.4, 0.5) is 0 Å². The monoisotopic (exact) mass is 147 g/mol. The highest BCUT2D eigenvalue weighted by molar-refractivity contribution is 5.78. The molecular weight excluding hydrogens is 138 g/mol. The van der Waals surface area contributed by atoms with E-state index in [0.29, 0.717) is 0 Å². The fourth-order valence-electron chi connectivity index (χ4n) is 0.817. The zero-order valence-corrected chi connectivity index (χ0v) is 5.23. The van der Waals surface area contributed by atoms with Crippen molar-refractivity contribution < 1.29 is 19.7 Å². The van der Waals surface area contributed by atoms with Gasteiger partial charge >= 0.3 is 5.97 Å². The highest BCUT2D eigenvalue weighted by Crippen LogP contribution is 2.12. The van der Waals surface area contributed by atoms with Crippen molar-refractivity contribution in [2.24, 2.45) is 5.73 Å². The molecule has 58 valence electrons.